The van der Waals surface area contributed by atoms with Crippen molar-refractivity contribution in [1.82, 2.24) is 4.90 Å². The van der Waals surface area contributed by atoms with Crippen molar-refractivity contribution in [3.63, 3.8) is 0 Å². The molecule has 4 nitrogen and oxygen atoms in total. The first-order valence-electron chi connectivity index (χ1n) is 4.38. The average Bonchev–Trinajstić information content (AvgIpc) is 2.53. The molecule has 1 aromatic heterocycles. The molecule has 0 atom stereocenters. The first kappa shape index (κ1) is 12.2. The Kier molecular flexibility index (Phi) is 3.87. The lowest BCUT2D eigenvalue weighted by atomic mass is 10.3. The second kappa shape index (κ2) is 4.76. The number of amides is 1. The van der Waals surface area contributed by atoms with Crippen LogP contribution in [0.5, 0.6) is 0 Å². The molecule has 84 valence electrons. The zero-order chi connectivity index (χ0) is 11.6. The Balaban J connectivity index is 3.21. The molecule has 15 heavy (non-hydrogen) atoms. The molecule has 0 aromatic carbocycles. The molecule has 3 N–H and O–H groups in total. The zero-order valence-electron chi connectivity index (χ0n) is 9.25. The molecule has 0 spiro atoms. The van der Waals surface area contributed by atoms with Crippen LogP contribution in [0.2, 0.25) is 0 Å². The standard InChI is InChI=1S/C9H15N3OS2/c1-11-8-6(14-4)5(10)7(15-8)9(13)12(2)3/h11H,10H2,1-4H3. The SMILES string of the molecule is CNc1sc(C(=O)N(C)C)c(N)c1SC. The molecule has 6 heteroatoms. The van der Waals surface area contributed by atoms with E-state index >= 15 is 0 Å². The lowest BCUT2D eigenvalue weighted by Crippen LogP contribution is -2.21. The number of rotatable bonds is 3. The summed E-state index contributed by atoms with van der Waals surface area (Å²) in [6.07, 6.45) is 1.95. The number of anilines is 2. The highest BCUT2D eigenvalue weighted by molar-refractivity contribution is 7.99. The third-order valence-corrected chi connectivity index (χ3v) is 4.10. The molecule has 0 saturated heterocycles. The van der Waals surface area contributed by atoms with E-state index in [1.54, 1.807) is 25.9 Å². The number of carbonyl (C=O) groups is 1. The van der Waals surface area contributed by atoms with Crippen LogP contribution in [-0.4, -0.2) is 38.2 Å². The summed E-state index contributed by atoms with van der Waals surface area (Å²) in [5.74, 6) is -0.0469. The van der Waals surface area contributed by atoms with Gasteiger partial charge in [-0.3, -0.25) is 4.79 Å². The molecule has 1 aromatic rings. The summed E-state index contributed by atoms with van der Waals surface area (Å²) in [5.41, 5.74) is 6.51. The van der Waals surface area contributed by atoms with Gasteiger partial charge in [-0.05, 0) is 6.26 Å². The van der Waals surface area contributed by atoms with Crippen molar-refractivity contribution in [3.05, 3.63) is 4.88 Å². The van der Waals surface area contributed by atoms with E-state index < -0.39 is 0 Å². The van der Waals surface area contributed by atoms with Crippen molar-refractivity contribution in [3.8, 4) is 0 Å². The Bertz CT molecular complexity index is 374. The molecular weight excluding hydrogens is 230 g/mol. The third kappa shape index (κ3) is 2.21. The van der Waals surface area contributed by atoms with Crippen LogP contribution in [0.15, 0.2) is 4.90 Å². The van der Waals surface area contributed by atoms with Crippen LogP contribution in [0.25, 0.3) is 0 Å². The maximum Gasteiger partial charge on any atom is 0.265 e. The van der Waals surface area contributed by atoms with Gasteiger partial charge < -0.3 is 16.0 Å². The molecule has 0 aliphatic carbocycles. The highest BCUT2D eigenvalue weighted by atomic mass is 32.2. The third-order valence-electron chi connectivity index (χ3n) is 1.93. The number of hydrogen-bond acceptors (Lipinski definition) is 5. The summed E-state index contributed by atoms with van der Waals surface area (Å²) in [7, 11) is 5.27. The zero-order valence-corrected chi connectivity index (χ0v) is 10.9. The predicted octanol–water partition coefficient (Wildman–Crippen LogP) is 1.80. The quantitative estimate of drug-likeness (QED) is 0.797. The lowest BCUT2D eigenvalue weighted by Gasteiger charge is -2.08. The van der Waals surface area contributed by atoms with Gasteiger partial charge in [0.25, 0.3) is 5.91 Å². The van der Waals surface area contributed by atoms with Crippen molar-refractivity contribution in [2.75, 3.05) is 38.4 Å². The van der Waals surface area contributed by atoms with Gasteiger partial charge in [0.1, 0.15) is 9.88 Å². The maximum atomic E-state index is 11.8. The monoisotopic (exact) mass is 245 g/mol. The van der Waals surface area contributed by atoms with E-state index in [9.17, 15) is 4.79 Å². The van der Waals surface area contributed by atoms with Crippen LogP contribution in [0.4, 0.5) is 10.7 Å². The number of thiophene rings is 1. The van der Waals surface area contributed by atoms with Gasteiger partial charge >= 0.3 is 0 Å². The minimum atomic E-state index is -0.0469. The number of nitrogens with two attached hydrogens (primary N) is 1. The predicted molar refractivity (Wildman–Crippen MR) is 68.1 cm³/mol. The summed E-state index contributed by atoms with van der Waals surface area (Å²) in [6, 6.07) is 0. The Morgan fingerprint density at radius 1 is 1.53 bits per heavy atom. The second-order valence-electron chi connectivity index (χ2n) is 3.16. The molecule has 1 rings (SSSR count). The van der Waals surface area contributed by atoms with Gasteiger partial charge in [-0.1, -0.05) is 0 Å². The Hall–Kier alpha value is -0.880. The van der Waals surface area contributed by atoms with Crippen LogP contribution < -0.4 is 11.1 Å². The Morgan fingerprint density at radius 3 is 2.47 bits per heavy atom. The Labute approximate surface area is 97.8 Å². The van der Waals surface area contributed by atoms with Crippen molar-refractivity contribution >= 4 is 39.7 Å². The topological polar surface area (TPSA) is 58.4 Å². The number of nitrogens with zero attached hydrogens (tertiary/aromatic N) is 1. The summed E-state index contributed by atoms with van der Waals surface area (Å²) in [6.45, 7) is 0. The number of nitrogens with one attached hydrogen (secondary N) is 1. The molecular formula is C9H15N3OS2. The van der Waals surface area contributed by atoms with Crippen molar-refractivity contribution < 1.29 is 4.79 Å². The summed E-state index contributed by atoms with van der Waals surface area (Å²) >= 11 is 2.95. The van der Waals surface area contributed by atoms with E-state index in [1.807, 2.05) is 13.3 Å². The summed E-state index contributed by atoms with van der Waals surface area (Å²) in [4.78, 5) is 14.9. The lowest BCUT2D eigenvalue weighted by molar-refractivity contribution is 0.0833. The fourth-order valence-corrected chi connectivity index (χ4v) is 3.20. The molecule has 1 amide bonds. The van der Waals surface area contributed by atoms with Gasteiger partial charge in [-0.15, -0.1) is 23.1 Å². The van der Waals surface area contributed by atoms with Crippen molar-refractivity contribution in [2.24, 2.45) is 0 Å². The van der Waals surface area contributed by atoms with Crippen molar-refractivity contribution in [1.29, 1.82) is 0 Å². The van der Waals surface area contributed by atoms with Crippen LogP contribution in [0.1, 0.15) is 9.67 Å². The number of carbonyl (C=O) groups excluding carboxylic acids is 1. The fourth-order valence-electron chi connectivity index (χ4n) is 1.16. The van der Waals surface area contributed by atoms with Gasteiger partial charge in [0.2, 0.25) is 0 Å². The Morgan fingerprint density at radius 2 is 2.13 bits per heavy atom. The molecule has 0 unspecified atom stereocenters. The van der Waals surface area contributed by atoms with E-state index in [0.717, 1.165) is 9.90 Å². The molecule has 0 aliphatic heterocycles. The first-order chi connectivity index (χ1) is 7.02. The molecule has 0 radical (unpaired) electrons. The van der Waals surface area contributed by atoms with E-state index in [1.165, 1.54) is 16.2 Å². The highest BCUT2D eigenvalue weighted by Crippen LogP contribution is 2.41. The van der Waals surface area contributed by atoms with Crippen LogP contribution >= 0.6 is 23.1 Å². The average molecular weight is 245 g/mol. The second-order valence-corrected chi connectivity index (χ2v) is 4.99. The normalized spacial score (nSPS) is 10.1. The van der Waals surface area contributed by atoms with E-state index in [-0.39, 0.29) is 5.91 Å². The van der Waals surface area contributed by atoms with Crippen LogP contribution in [0, 0.1) is 0 Å². The van der Waals surface area contributed by atoms with Gasteiger partial charge in [0, 0.05) is 21.1 Å². The van der Waals surface area contributed by atoms with Crippen LogP contribution in [-0.2, 0) is 0 Å². The van der Waals surface area contributed by atoms with Gasteiger partial charge in [0.15, 0.2) is 0 Å². The van der Waals surface area contributed by atoms with Crippen molar-refractivity contribution in [2.45, 2.75) is 4.90 Å². The molecule has 0 bridgehead atoms. The molecule has 0 aliphatic rings. The molecule has 0 fully saturated rings. The van der Waals surface area contributed by atoms with Crippen LogP contribution in [0.3, 0.4) is 0 Å². The largest absolute Gasteiger partial charge is 0.396 e. The van der Waals surface area contributed by atoms with Gasteiger partial charge in [-0.25, -0.2) is 0 Å². The molecule has 0 saturated carbocycles. The first-order valence-corrected chi connectivity index (χ1v) is 6.42. The number of hydrogen-bond donors (Lipinski definition) is 2. The van der Waals surface area contributed by atoms with E-state index in [2.05, 4.69) is 5.32 Å². The van der Waals surface area contributed by atoms with E-state index in [0.29, 0.717) is 10.6 Å². The minimum Gasteiger partial charge on any atom is -0.396 e. The smallest absolute Gasteiger partial charge is 0.265 e. The van der Waals surface area contributed by atoms with Gasteiger partial charge in [-0.2, -0.15) is 0 Å². The van der Waals surface area contributed by atoms with Gasteiger partial charge in [0.05, 0.1) is 10.6 Å². The highest BCUT2D eigenvalue weighted by Gasteiger charge is 2.20. The molecule has 1 heterocycles. The fraction of sp³-hybridized carbons (Fsp3) is 0.444. The van der Waals surface area contributed by atoms with E-state index in [4.69, 9.17) is 5.73 Å². The number of nitrogen functional groups attached to an aromatic ring is 1. The summed E-state index contributed by atoms with van der Waals surface area (Å²) < 4.78 is 0. The maximum absolute atomic E-state index is 11.8. The minimum absolute atomic E-state index is 0.0469. The summed E-state index contributed by atoms with van der Waals surface area (Å²) in [5, 5.41) is 4.00. The number of thioether (sulfide) groups is 1.